The van der Waals surface area contributed by atoms with Crippen LogP contribution in [-0.2, 0) is 6.42 Å². The number of anilines is 1. The van der Waals surface area contributed by atoms with E-state index in [1.165, 1.54) is 5.56 Å². The topological polar surface area (TPSA) is 20.3 Å². The zero-order chi connectivity index (χ0) is 15.0. The molecule has 21 heavy (non-hydrogen) atoms. The number of rotatable bonds is 1. The Bertz CT molecular complexity index is 695. The Morgan fingerprint density at radius 2 is 1.95 bits per heavy atom. The van der Waals surface area contributed by atoms with Crippen LogP contribution in [0.1, 0.15) is 28.4 Å². The fraction of sp³-hybridized carbons (Fsp3) is 0.278. The number of carbonyl (C=O) groups is 1. The van der Waals surface area contributed by atoms with Gasteiger partial charge in [-0.2, -0.15) is 0 Å². The summed E-state index contributed by atoms with van der Waals surface area (Å²) in [6, 6.07) is 14.0. The molecule has 0 aliphatic carbocycles. The quantitative estimate of drug-likeness (QED) is 0.741. The zero-order valence-electron chi connectivity index (χ0n) is 12.3. The molecule has 3 heteroatoms. The number of carbonyl (C=O) groups excluding carboxylic acids is 1. The first-order valence-corrected chi connectivity index (χ1v) is 8.02. The first-order chi connectivity index (χ1) is 10.1. The second-order valence-corrected chi connectivity index (χ2v) is 6.62. The van der Waals surface area contributed by atoms with Gasteiger partial charge in [0.05, 0.1) is 0 Å². The predicted octanol–water partition coefficient (Wildman–Crippen LogP) is 4.60. The van der Waals surface area contributed by atoms with Crippen molar-refractivity contribution in [3.63, 3.8) is 0 Å². The normalized spacial score (nSPS) is 17.5. The van der Waals surface area contributed by atoms with Gasteiger partial charge >= 0.3 is 0 Å². The van der Waals surface area contributed by atoms with Crippen molar-refractivity contribution in [2.75, 3.05) is 11.4 Å². The number of para-hydroxylation sites is 1. The minimum Gasteiger partial charge on any atom is -0.308 e. The molecule has 0 saturated heterocycles. The average molecular weight is 344 g/mol. The molecule has 0 fully saturated rings. The van der Waals surface area contributed by atoms with E-state index in [0.717, 1.165) is 34.3 Å². The number of amides is 1. The van der Waals surface area contributed by atoms with Crippen LogP contribution in [0.25, 0.3) is 0 Å². The lowest BCUT2D eigenvalue weighted by Gasteiger charge is -2.33. The van der Waals surface area contributed by atoms with Crippen LogP contribution in [0, 0.1) is 12.8 Å². The van der Waals surface area contributed by atoms with Gasteiger partial charge in [-0.05, 0) is 48.6 Å². The van der Waals surface area contributed by atoms with E-state index in [2.05, 4.69) is 28.9 Å². The molecule has 3 rings (SSSR count). The highest BCUT2D eigenvalue weighted by Crippen LogP contribution is 2.31. The third-order valence-corrected chi connectivity index (χ3v) is 4.95. The molecule has 0 spiro atoms. The molecule has 1 heterocycles. The van der Waals surface area contributed by atoms with Gasteiger partial charge in [-0.25, -0.2) is 0 Å². The molecule has 0 radical (unpaired) electrons. The molecule has 0 saturated carbocycles. The number of hydrogen-bond acceptors (Lipinski definition) is 1. The Balaban J connectivity index is 2.04. The van der Waals surface area contributed by atoms with E-state index in [4.69, 9.17) is 0 Å². The van der Waals surface area contributed by atoms with Crippen molar-refractivity contribution in [2.24, 2.45) is 5.92 Å². The molecule has 2 nitrogen and oxygen atoms in total. The van der Waals surface area contributed by atoms with Gasteiger partial charge in [0.2, 0.25) is 0 Å². The summed E-state index contributed by atoms with van der Waals surface area (Å²) in [5.41, 5.74) is 4.09. The minimum atomic E-state index is 0.0906. The second kappa shape index (κ2) is 5.64. The van der Waals surface area contributed by atoms with Crippen LogP contribution in [0.15, 0.2) is 46.9 Å². The number of halogens is 1. The van der Waals surface area contributed by atoms with Gasteiger partial charge in [0.1, 0.15) is 0 Å². The van der Waals surface area contributed by atoms with Crippen LogP contribution in [-0.4, -0.2) is 12.5 Å². The van der Waals surface area contributed by atoms with E-state index in [9.17, 15) is 4.79 Å². The van der Waals surface area contributed by atoms with E-state index >= 15 is 0 Å². The third kappa shape index (κ3) is 2.62. The van der Waals surface area contributed by atoms with Gasteiger partial charge in [0, 0.05) is 22.3 Å². The molecule has 1 unspecified atom stereocenters. The third-order valence-electron chi connectivity index (χ3n) is 4.09. The lowest BCUT2D eigenvalue weighted by molar-refractivity contribution is 0.0980. The van der Waals surface area contributed by atoms with E-state index in [1.54, 1.807) is 0 Å². The summed E-state index contributed by atoms with van der Waals surface area (Å²) in [5.74, 6) is 0.573. The van der Waals surface area contributed by atoms with Gasteiger partial charge < -0.3 is 4.90 Å². The lowest BCUT2D eigenvalue weighted by Crippen LogP contribution is -2.39. The van der Waals surface area contributed by atoms with Crippen LogP contribution in [0.4, 0.5) is 5.69 Å². The van der Waals surface area contributed by atoms with Crippen molar-refractivity contribution in [3.05, 3.63) is 63.6 Å². The highest BCUT2D eigenvalue weighted by atomic mass is 79.9. The molecule has 1 amide bonds. The summed E-state index contributed by atoms with van der Waals surface area (Å²) >= 11 is 3.51. The highest BCUT2D eigenvalue weighted by Gasteiger charge is 2.27. The van der Waals surface area contributed by atoms with E-state index in [-0.39, 0.29) is 5.91 Å². The molecule has 2 aromatic rings. The van der Waals surface area contributed by atoms with Crippen molar-refractivity contribution in [1.82, 2.24) is 0 Å². The number of hydrogen-bond donors (Lipinski definition) is 0. The van der Waals surface area contributed by atoms with Crippen molar-refractivity contribution < 1.29 is 4.79 Å². The standard InChI is InChI=1S/C18H18BrNO/c1-12-10-14-6-3-4-9-17(14)20(11-12)18(21)15-7-5-8-16(19)13(15)2/h3-9,12H,10-11H2,1-2H3. The number of benzene rings is 2. The molecule has 2 aromatic carbocycles. The Kier molecular flexibility index (Phi) is 3.85. The van der Waals surface area contributed by atoms with Crippen molar-refractivity contribution in [1.29, 1.82) is 0 Å². The van der Waals surface area contributed by atoms with Crippen LogP contribution in [0.2, 0.25) is 0 Å². The Hall–Kier alpha value is -1.61. The summed E-state index contributed by atoms with van der Waals surface area (Å²) in [5, 5.41) is 0. The van der Waals surface area contributed by atoms with E-state index in [1.807, 2.05) is 48.2 Å². The Morgan fingerprint density at radius 3 is 2.76 bits per heavy atom. The second-order valence-electron chi connectivity index (χ2n) is 5.77. The smallest absolute Gasteiger partial charge is 0.258 e. The molecule has 0 aromatic heterocycles. The Morgan fingerprint density at radius 1 is 1.19 bits per heavy atom. The minimum absolute atomic E-state index is 0.0906. The summed E-state index contributed by atoms with van der Waals surface area (Å²) < 4.78 is 0.978. The zero-order valence-corrected chi connectivity index (χ0v) is 13.9. The molecule has 0 bridgehead atoms. The molecular formula is C18H18BrNO. The van der Waals surface area contributed by atoms with Gasteiger partial charge in [0.25, 0.3) is 5.91 Å². The van der Waals surface area contributed by atoms with Crippen molar-refractivity contribution >= 4 is 27.5 Å². The van der Waals surface area contributed by atoms with Crippen LogP contribution in [0.3, 0.4) is 0 Å². The molecule has 1 atom stereocenters. The van der Waals surface area contributed by atoms with Gasteiger partial charge in [-0.15, -0.1) is 0 Å². The maximum Gasteiger partial charge on any atom is 0.258 e. The average Bonchev–Trinajstić information content (AvgIpc) is 2.48. The lowest BCUT2D eigenvalue weighted by atomic mass is 9.93. The van der Waals surface area contributed by atoms with Crippen molar-refractivity contribution in [3.8, 4) is 0 Å². The fourth-order valence-electron chi connectivity index (χ4n) is 2.97. The summed E-state index contributed by atoms with van der Waals surface area (Å²) in [6.45, 7) is 4.96. The monoisotopic (exact) mass is 343 g/mol. The number of fused-ring (bicyclic) bond motifs is 1. The van der Waals surface area contributed by atoms with Crippen molar-refractivity contribution in [2.45, 2.75) is 20.3 Å². The maximum absolute atomic E-state index is 13.0. The van der Waals surface area contributed by atoms with E-state index in [0.29, 0.717) is 5.92 Å². The number of nitrogens with zero attached hydrogens (tertiary/aromatic N) is 1. The van der Waals surface area contributed by atoms with Crippen LogP contribution in [0.5, 0.6) is 0 Å². The molecule has 0 N–H and O–H groups in total. The van der Waals surface area contributed by atoms with Gasteiger partial charge in [-0.3, -0.25) is 4.79 Å². The largest absolute Gasteiger partial charge is 0.308 e. The SMILES string of the molecule is Cc1c(Br)cccc1C(=O)N1CC(C)Cc2ccccc21. The highest BCUT2D eigenvalue weighted by molar-refractivity contribution is 9.10. The molecule has 1 aliphatic heterocycles. The van der Waals surface area contributed by atoms with E-state index < -0.39 is 0 Å². The predicted molar refractivity (Wildman–Crippen MR) is 89.9 cm³/mol. The molecular weight excluding hydrogens is 326 g/mol. The van der Waals surface area contributed by atoms with Gasteiger partial charge in [-0.1, -0.05) is 47.1 Å². The van der Waals surface area contributed by atoms with Crippen LogP contribution < -0.4 is 4.90 Å². The Labute approximate surface area is 133 Å². The molecule has 108 valence electrons. The van der Waals surface area contributed by atoms with Crippen LogP contribution >= 0.6 is 15.9 Å². The summed E-state index contributed by atoms with van der Waals surface area (Å²) in [7, 11) is 0. The fourth-order valence-corrected chi connectivity index (χ4v) is 3.34. The maximum atomic E-state index is 13.0. The first-order valence-electron chi connectivity index (χ1n) is 7.23. The first kappa shape index (κ1) is 14.3. The summed E-state index contributed by atoms with van der Waals surface area (Å²) in [6.07, 6.45) is 1.04. The molecule has 1 aliphatic rings. The summed E-state index contributed by atoms with van der Waals surface area (Å²) in [4.78, 5) is 14.9. The van der Waals surface area contributed by atoms with Gasteiger partial charge in [0.15, 0.2) is 0 Å².